The highest BCUT2D eigenvalue weighted by molar-refractivity contribution is 5.89. The quantitative estimate of drug-likeness (QED) is 0.777. The molecule has 0 saturated heterocycles. The van der Waals surface area contributed by atoms with E-state index in [2.05, 4.69) is 17.4 Å². The van der Waals surface area contributed by atoms with Crippen LogP contribution in [0.4, 0.5) is 4.79 Å². The Bertz CT molecular complexity index is 834. The molecule has 140 valence electrons. The Balaban J connectivity index is 1.32. The van der Waals surface area contributed by atoms with E-state index in [1.807, 2.05) is 24.3 Å². The third-order valence-electron chi connectivity index (χ3n) is 5.35. The zero-order chi connectivity index (χ0) is 18.9. The van der Waals surface area contributed by atoms with Gasteiger partial charge in [-0.05, 0) is 60.4 Å². The molecule has 2 aliphatic rings. The Morgan fingerprint density at radius 2 is 1.70 bits per heavy atom. The number of alkyl carbamates (subject to hydrolysis) is 1. The average Bonchev–Trinajstić information content (AvgIpc) is 3.61. The first-order valence-corrected chi connectivity index (χ1v) is 9.32. The smallest absolute Gasteiger partial charge is 0.408 e. The molecule has 0 spiro atoms. The van der Waals surface area contributed by atoms with Gasteiger partial charge >= 0.3 is 12.1 Å². The van der Waals surface area contributed by atoms with Crippen molar-refractivity contribution in [2.75, 3.05) is 7.11 Å². The molecule has 0 unspecified atom stereocenters. The van der Waals surface area contributed by atoms with Gasteiger partial charge in [0.15, 0.2) is 0 Å². The van der Waals surface area contributed by atoms with Crippen LogP contribution in [0.5, 0.6) is 0 Å². The van der Waals surface area contributed by atoms with E-state index in [0.29, 0.717) is 5.56 Å². The second-order valence-electron chi connectivity index (χ2n) is 7.37. The van der Waals surface area contributed by atoms with Crippen molar-refractivity contribution >= 4 is 12.1 Å². The molecule has 2 aromatic carbocycles. The second-order valence-corrected chi connectivity index (χ2v) is 7.37. The van der Waals surface area contributed by atoms with Crippen molar-refractivity contribution in [3.8, 4) is 0 Å². The summed E-state index contributed by atoms with van der Waals surface area (Å²) in [4.78, 5) is 23.8. The summed E-state index contributed by atoms with van der Waals surface area (Å²) in [6.45, 7) is 0.258. The number of hydrogen-bond donors (Lipinski definition) is 1. The first-order chi connectivity index (χ1) is 13.1. The van der Waals surface area contributed by atoms with Crippen molar-refractivity contribution in [3.05, 3.63) is 70.8 Å². The first-order valence-electron chi connectivity index (χ1n) is 9.32. The highest BCUT2D eigenvalue weighted by atomic mass is 16.5. The normalized spacial score (nSPS) is 17.1. The summed E-state index contributed by atoms with van der Waals surface area (Å²) in [7, 11) is 1.36. The highest BCUT2D eigenvalue weighted by Gasteiger charge is 2.46. The van der Waals surface area contributed by atoms with Crippen LogP contribution in [0.1, 0.15) is 58.6 Å². The van der Waals surface area contributed by atoms with E-state index in [1.54, 1.807) is 12.1 Å². The van der Waals surface area contributed by atoms with Gasteiger partial charge in [0.2, 0.25) is 0 Å². The van der Waals surface area contributed by atoms with Crippen molar-refractivity contribution in [3.63, 3.8) is 0 Å². The van der Waals surface area contributed by atoms with Crippen LogP contribution in [0, 0.1) is 0 Å². The number of esters is 1. The summed E-state index contributed by atoms with van der Waals surface area (Å²) in [6.07, 6.45) is 3.85. The summed E-state index contributed by atoms with van der Waals surface area (Å²) in [5, 5.41) is 2.98. The van der Waals surface area contributed by atoms with Crippen molar-refractivity contribution in [1.29, 1.82) is 0 Å². The minimum atomic E-state index is -0.421. The topological polar surface area (TPSA) is 64.6 Å². The van der Waals surface area contributed by atoms with Crippen LogP contribution < -0.4 is 5.32 Å². The molecule has 0 bridgehead atoms. The zero-order valence-electron chi connectivity index (χ0n) is 15.4. The molecule has 2 saturated carbocycles. The van der Waals surface area contributed by atoms with Crippen LogP contribution in [-0.4, -0.2) is 19.2 Å². The van der Waals surface area contributed by atoms with E-state index in [0.717, 1.165) is 29.9 Å². The van der Waals surface area contributed by atoms with Gasteiger partial charge in [0.1, 0.15) is 6.61 Å². The van der Waals surface area contributed by atoms with E-state index < -0.39 is 6.09 Å². The summed E-state index contributed by atoms with van der Waals surface area (Å²) in [6, 6.07) is 15.5. The molecule has 4 rings (SSSR count). The molecular weight excluding hydrogens is 342 g/mol. The Labute approximate surface area is 158 Å². The predicted molar refractivity (Wildman–Crippen MR) is 100 cm³/mol. The lowest BCUT2D eigenvalue weighted by atomic mass is 10.0. The Kier molecular flexibility index (Phi) is 4.60. The number of nitrogens with one attached hydrogen (secondary N) is 1. The maximum absolute atomic E-state index is 12.2. The van der Waals surface area contributed by atoms with Crippen LogP contribution in [0.25, 0.3) is 0 Å². The van der Waals surface area contributed by atoms with E-state index in [9.17, 15) is 9.59 Å². The number of hydrogen-bond acceptors (Lipinski definition) is 4. The van der Waals surface area contributed by atoms with Crippen LogP contribution >= 0.6 is 0 Å². The van der Waals surface area contributed by atoms with E-state index in [-0.39, 0.29) is 18.1 Å². The monoisotopic (exact) mass is 365 g/mol. The number of rotatable bonds is 6. The van der Waals surface area contributed by atoms with Gasteiger partial charge < -0.3 is 14.8 Å². The van der Waals surface area contributed by atoms with Crippen molar-refractivity contribution < 1.29 is 19.1 Å². The predicted octanol–water partition coefficient (Wildman–Crippen LogP) is 4.27. The van der Waals surface area contributed by atoms with E-state index in [1.165, 1.54) is 25.5 Å². The number of amides is 1. The van der Waals surface area contributed by atoms with Gasteiger partial charge in [0, 0.05) is 0 Å². The molecule has 5 nitrogen and oxygen atoms in total. The summed E-state index contributed by atoms with van der Waals surface area (Å²) in [5.41, 5.74) is 3.44. The number of carbonyl (C=O) groups is 2. The average molecular weight is 365 g/mol. The fourth-order valence-electron chi connectivity index (χ4n) is 3.34. The van der Waals surface area contributed by atoms with E-state index in [4.69, 9.17) is 9.47 Å². The van der Waals surface area contributed by atoms with Crippen LogP contribution in [-0.2, 0) is 21.6 Å². The van der Waals surface area contributed by atoms with Gasteiger partial charge in [0.05, 0.1) is 18.2 Å². The first kappa shape index (κ1) is 17.6. The SMILES string of the molecule is COC(=O)c1ccc(C2(NC(=O)OCc3ccc(C4CC4)cc3)CC2)cc1. The lowest BCUT2D eigenvalue weighted by molar-refractivity contribution is 0.0600. The minimum Gasteiger partial charge on any atom is -0.465 e. The molecule has 0 atom stereocenters. The summed E-state index contributed by atoms with van der Waals surface area (Å²) in [5.74, 6) is 0.357. The molecular formula is C22H23NO4. The summed E-state index contributed by atoms with van der Waals surface area (Å²) < 4.78 is 10.1. The zero-order valence-corrected chi connectivity index (χ0v) is 15.4. The van der Waals surface area contributed by atoms with Crippen LogP contribution in [0.15, 0.2) is 48.5 Å². The fourth-order valence-corrected chi connectivity index (χ4v) is 3.34. The number of methoxy groups -OCH3 is 1. The lowest BCUT2D eigenvalue weighted by Crippen LogP contribution is -2.35. The van der Waals surface area contributed by atoms with E-state index >= 15 is 0 Å². The molecule has 0 aliphatic heterocycles. The molecule has 1 N–H and O–H groups in total. The Hall–Kier alpha value is -2.82. The van der Waals surface area contributed by atoms with Crippen LogP contribution in [0.2, 0.25) is 0 Å². The van der Waals surface area contributed by atoms with Gasteiger partial charge in [-0.2, -0.15) is 0 Å². The van der Waals surface area contributed by atoms with Gasteiger partial charge in [-0.1, -0.05) is 36.4 Å². The lowest BCUT2D eigenvalue weighted by Gasteiger charge is -2.18. The van der Waals surface area contributed by atoms with Gasteiger partial charge in [-0.25, -0.2) is 9.59 Å². The van der Waals surface area contributed by atoms with Crippen molar-refractivity contribution in [1.82, 2.24) is 5.32 Å². The van der Waals surface area contributed by atoms with Gasteiger partial charge in [0.25, 0.3) is 0 Å². The maximum atomic E-state index is 12.2. The largest absolute Gasteiger partial charge is 0.465 e. The Morgan fingerprint density at radius 3 is 2.26 bits per heavy atom. The highest BCUT2D eigenvalue weighted by Crippen LogP contribution is 2.45. The molecule has 0 aromatic heterocycles. The molecule has 0 radical (unpaired) electrons. The third kappa shape index (κ3) is 3.97. The van der Waals surface area contributed by atoms with Crippen molar-refractivity contribution in [2.24, 2.45) is 0 Å². The second kappa shape index (κ2) is 7.06. The molecule has 27 heavy (non-hydrogen) atoms. The molecule has 2 fully saturated rings. The standard InChI is InChI=1S/C22H23NO4/c1-26-20(24)18-8-10-19(11-9-18)22(12-13-22)23-21(25)27-14-15-2-4-16(5-3-15)17-6-7-17/h2-5,8-11,17H,6-7,12-14H2,1H3,(H,23,25). The third-order valence-corrected chi connectivity index (χ3v) is 5.35. The number of carbonyl (C=O) groups excluding carboxylic acids is 2. The molecule has 5 heteroatoms. The summed E-state index contributed by atoms with van der Waals surface area (Å²) >= 11 is 0. The number of benzene rings is 2. The molecule has 2 aliphatic carbocycles. The number of ether oxygens (including phenoxy) is 2. The van der Waals surface area contributed by atoms with Crippen LogP contribution in [0.3, 0.4) is 0 Å². The molecule has 0 heterocycles. The maximum Gasteiger partial charge on any atom is 0.408 e. The van der Waals surface area contributed by atoms with Crippen molar-refractivity contribution in [2.45, 2.75) is 43.7 Å². The fraction of sp³-hybridized carbons (Fsp3) is 0.364. The molecule has 1 amide bonds. The Morgan fingerprint density at radius 1 is 1.04 bits per heavy atom. The minimum absolute atomic E-state index is 0.258. The molecule has 2 aromatic rings. The van der Waals surface area contributed by atoms with Gasteiger partial charge in [-0.15, -0.1) is 0 Å². The van der Waals surface area contributed by atoms with Gasteiger partial charge in [-0.3, -0.25) is 0 Å².